The summed E-state index contributed by atoms with van der Waals surface area (Å²) in [5, 5.41) is 3.78. The summed E-state index contributed by atoms with van der Waals surface area (Å²) in [5.74, 6) is 0.958. The number of hydrogen-bond acceptors (Lipinski definition) is 2. The highest BCUT2D eigenvalue weighted by Gasteiger charge is 2.25. The monoisotopic (exact) mass is 253 g/mol. The lowest BCUT2D eigenvalue weighted by molar-refractivity contribution is 0.176. The number of rotatable bonds is 3. The van der Waals surface area contributed by atoms with Crippen molar-refractivity contribution in [2.24, 2.45) is 11.7 Å². The average molecular weight is 253 g/mol. The van der Waals surface area contributed by atoms with Gasteiger partial charge in [-0.2, -0.15) is 0 Å². The van der Waals surface area contributed by atoms with Gasteiger partial charge in [-0.25, -0.2) is 4.79 Å². The number of amides is 2. The third kappa shape index (κ3) is 3.61. The van der Waals surface area contributed by atoms with E-state index < -0.39 is 0 Å². The number of urea groups is 1. The Morgan fingerprint density at radius 1 is 1.11 bits per heavy atom. The SMILES string of the molecule is CCC1CCC(NC2CCN(C(N)=O)CC2)CC1. The largest absolute Gasteiger partial charge is 0.351 e. The quantitative estimate of drug-likeness (QED) is 0.809. The van der Waals surface area contributed by atoms with E-state index in [-0.39, 0.29) is 6.03 Å². The zero-order valence-electron chi connectivity index (χ0n) is 11.5. The first kappa shape index (κ1) is 13.7. The molecule has 2 fully saturated rings. The summed E-state index contributed by atoms with van der Waals surface area (Å²) in [6.07, 6.45) is 8.86. The van der Waals surface area contributed by atoms with Crippen molar-refractivity contribution in [1.82, 2.24) is 10.2 Å². The Labute approximate surface area is 110 Å². The van der Waals surface area contributed by atoms with Crippen molar-refractivity contribution in [3.8, 4) is 0 Å². The molecule has 0 aromatic heterocycles. The summed E-state index contributed by atoms with van der Waals surface area (Å²) in [6.45, 7) is 3.94. The summed E-state index contributed by atoms with van der Waals surface area (Å²) in [5.41, 5.74) is 5.29. The van der Waals surface area contributed by atoms with Crippen molar-refractivity contribution in [2.75, 3.05) is 13.1 Å². The highest BCUT2D eigenvalue weighted by Crippen LogP contribution is 2.27. The smallest absolute Gasteiger partial charge is 0.314 e. The van der Waals surface area contributed by atoms with Crippen LogP contribution in [0.4, 0.5) is 4.79 Å². The van der Waals surface area contributed by atoms with Gasteiger partial charge >= 0.3 is 6.03 Å². The van der Waals surface area contributed by atoms with Crippen molar-refractivity contribution in [1.29, 1.82) is 0 Å². The molecule has 2 rings (SSSR count). The predicted octanol–water partition coefficient (Wildman–Crippen LogP) is 2.09. The fraction of sp³-hybridized carbons (Fsp3) is 0.929. The number of carbonyl (C=O) groups is 1. The molecule has 1 aliphatic heterocycles. The molecule has 0 radical (unpaired) electrons. The van der Waals surface area contributed by atoms with Gasteiger partial charge in [-0.1, -0.05) is 13.3 Å². The van der Waals surface area contributed by atoms with Crippen LogP contribution in [0.1, 0.15) is 51.9 Å². The lowest BCUT2D eigenvalue weighted by Gasteiger charge is -2.36. The maximum atomic E-state index is 11.0. The summed E-state index contributed by atoms with van der Waals surface area (Å²) in [7, 11) is 0. The van der Waals surface area contributed by atoms with Crippen molar-refractivity contribution in [3.05, 3.63) is 0 Å². The molecule has 1 saturated heterocycles. The molecule has 1 heterocycles. The fourth-order valence-corrected chi connectivity index (χ4v) is 3.34. The number of hydrogen-bond donors (Lipinski definition) is 2. The highest BCUT2D eigenvalue weighted by molar-refractivity contribution is 5.72. The first-order valence-corrected chi connectivity index (χ1v) is 7.49. The van der Waals surface area contributed by atoms with Crippen molar-refractivity contribution >= 4 is 6.03 Å². The summed E-state index contributed by atoms with van der Waals surface area (Å²) in [6, 6.07) is 1.03. The second kappa shape index (κ2) is 6.41. The molecular formula is C14H27N3O. The zero-order chi connectivity index (χ0) is 13.0. The van der Waals surface area contributed by atoms with Crippen LogP contribution in [0, 0.1) is 5.92 Å². The number of piperidine rings is 1. The van der Waals surface area contributed by atoms with Gasteiger partial charge in [0.2, 0.25) is 0 Å². The molecular weight excluding hydrogens is 226 g/mol. The molecule has 0 spiro atoms. The normalized spacial score (nSPS) is 30.4. The summed E-state index contributed by atoms with van der Waals surface area (Å²) < 4.78 is 0. The molecule has 0 bridgehead atoms. The standard InChI is InChI=1S/C14H27N3O/c1-2-11-3-5-12(6-4-11)16-13-7-9-17(10-8-13)14(15)18/h11-13,16H,2-10H2,1H3,(H2,15,18). The van der Waals surface area contributed by atoms with Gasteiger partial charge in [0.15, 0.2) is 0 Å². The van der Waals surface area contributed by atoms with E-state index in [9.17, 15) is 4.79 Å². The number of nitrogens with zero attached hydrogens (tertiary/aromatic N) is 1. The number of nitrogens with one attached hydrogen (secondary N) is 1. The molecule has 0 atom stereocenters. The minimum absolute atomic E-state index is 0.267. The van der Waals surface area contributed by atoms with E-state index in [1.54, 1.807) is 4.90 Å². The number of likely N-dealkylation sites (tertiary alicyclic amines) is 1. The number of primary amides is 1. The van der Waals surface area contributed by atoms with Crippen molar-refractivity contribution < 1.29 is 4.79 Å². The molecule has 3 N–H and O–H groups in total. The maximum absolute atomic E-state index is 11.0. The first-order chi connectivity index (χ1) is 8.69. The zero-order valence-corrected chi connectivity index (χ0v) is 11.5. The van der Waals surface area contributed by atoms with Gasteiger partial charge in [0.05, 0.1) is 0 Å². The minimum atomic E-state index is -0.267. The minimum Gasteiger partial charge on any atom is -0.351 e. The average Bonchev–Trinajstić information content (AvgIpc) is 2.40. The van der Waals surface area contributed by atoms with Crippen LogP contribution >= 0.6 is 0 Å². The third-order valence-electron chi connectivity index (χ3n) is 4.70. The molecule has 0 aromatic rings. The van der Waals surface area contributed by atoms with Crippen LogP contribution in [0.2, 0.25) is 0 Å². The molecule has 1 aliphatic carbocycles. The second-order valence-corrected chi connectivity index (χ2v) is 5.89. The summed E-state index contributed by atoms with van der Waals surface area (Å²) >= 11 is 0. The lowest BCUT2D eigenvalue weighted by atomic mass is 9.84. The van der Waals surface area contributed by atoms with Gasteiger partial charge in [0.1, 0.15) is 0 Å². The third-order valence-corrected chi connectivity index (χ3v) is 4.70. The van der Waals surface area contributed by atoms with Crippen LogP contribution in [0.3, 0.4) is 0 Å². The van der Waals surface area contributed by atoms with E-state index in [1.165, 1.54) is 32.1 Å². The number of nitrogens with two attached hydrogens (primary N) is 1. The Kier molecular flexibility index (Phi) is 4.87. The first-order valence-electron chi connectivity index (χ1n) is 7.49. The Balaban J connectivity index is 1.67. The molecule has 0 unspecified atom stereocenters. The molecule has 18 heavy (non-hydrogen) atoms. The van der Waals surface area contributed by atoms with Crippen LogP contribution in [0.5, 0.6) is 0 Å². The van der Waals surface area contributed by atoms with E-state index in [2.05, 4.69) is 12.2 Å². The van der Waals surface area contributed by atoms with E-state index in [0.29, 0.717) is 12.1 Å². The Hall–Kier alpha value is -0.770. The van der Waals surface area contributed by atoms with E-state index >= 15 is 0 Å². The van der Waals surface area contributed by atoms with E-state index in [4.69, 9.17) is 5.73 Å². The van der Waals surface area contributed by atoms with Gasteiger partial charge in [-0.3, -0.25) is 0 Å². The van der Waals surface area contributed by atoms with Gasteiger partial charge in [-0.15, -0.1) is 0 Å². The van der Waals surface area contributed by atoms with Gasteiger partial charge < -0.3 is 16.0 Å². The van der Waals surface area contributed by atoms with Crippen LogP contribution in [-0.4, -0.2) is 36.1 Å². The Bertz CT molecular complexity index is 266. The van der Waals surface area contributed by atoms with Gasteiger partial charge in [0.25, 0.3) is 0 Å². The van der Waals surface area contributed by atoms with Gasteiger partial charge in [0, 0.05) is 25.2 Å². The van der Waals surface area contributed by atoms with Crippen LogP contribution in [0.25, 0.3) is 0 Å². The Morgan fingerprint density at radius 2 is 1.67 bits per heavy atom. The number of carbonyl (C=O) groups excluding carboxylic acids is 1. The highest BCUT2D eigenvalue weighted by atomic mass is 16.2. The molecule has 0 aromatic carbocycles. The lowest BCUT2D eigenvalue weighted by Crippen LogP contribution is -2.49. The topological polar surface area (TPSA) is 58.4 Å². The molecule has 1 saturated carbocycles. The molecule has 4 nitrogen and oxygen atoms in total. The van der Waals surface area contributed by atoms with Crippen LogP contribution < -0.4 is 11.1 Å². The molecule has 2 aliphatic rings. The summed E-state index contributed by atoms with van der Waals surface area (Å²) in [4.78, 5) is 12.8. The van der Waals surface area contributed by atoms with Crippen LogP contribution in [-0.2, 0) is 0 Å². The van der Waals surface area contributed by atoms with Crippen LogP contribution in [0.15, 0.2) is 0 Å². The predicted molar refractivity (Wildman–Crippen MR) is 73.4 cm³/mol. The fourth-order valence-electron chi connectivity index (χ4n) is 3.34. The molecule has 2 amide bonds. The van der Waals surface area contributed by atoms with E-state index in [1.807, 2.05) is 0 Å². The van der Waals surface area contributed by atoms with Crippen molar-refractivity contribution in [3.63, 3.8) is 0 Å². The van der Waals surface area contributed by atoms with E-state index in [0.717, 1.165) is 31.8 Å². The van der Waals surface area contributed by atoms with Crippen molar-refractivity contribution in [2.45, 2.75) is 64.0 Å². The second-order valence-electron chi connectivity index (χ2n) is 5.89. The molecule has 104 valence electrons. The molecule has 4 heteroatoms. The Morgan fingerprint density at radius 3 is 2.17 bits per heavy atom. The maximum Gasteiger partial charge on any atom is 0.314 e. The van der Waals surface area contributed by atoms with Gasteiger partial charge in [-0.05, 0) is 44.4 Å².